The summed E-state index contributed by atoms with van der Waals surface area (Å²) in [7, 11) is 3.33. The molecule has 0 aliphatic carbocycles. The fourth-order valence-corrected chi connectivity index (χ4v) is 4.27. The van der Waals surface area contributed by atoms with Crippen LogP contribution in [0.1, 0.15) is 71.1 Å². The van der Waals surface area contributed by atoms with Crippen LogP contribution in [0.15, 0.2) is 0 Å². The molecule has 0 heterocycles. The second-order valence-electron chi connectivity index (χ2n) is 7.49. The molecule has 4 heteroatoms. The number of rotatable bonds is 14. The summed E-state index contributed by atoms with van der Waals surface area (Å²) in [5.41, 5.74) is 0. The Morgan fingerprint density at radius 1 is 0.762 bits per heavy atom. The Labute approximate surface area is 133 Å². The summed E-state index contributed by atoms with van der Waals surface area (Å²) in [5, 5.41) is 0. The highest BCUT2D eigenvalue weighted by atomic mass is 31.2. The highest BCUT2D eigenvalue weighted by Crippen LogP contribution is 2.41. The van der Waals surface area contributed by atoms with Crippen molar-refractivity contribution in [3.8, 4) is 0 Å². The van der Waals surface area contributed by atoms with Gasteiger partial charge in [-0.15, -0.1) is 0 Å². The lowest BCUT2D eigenvalue weighted by atomic mass is 10.1. The summed E-state index contributed by atoms with van der Waals surface area (Å²) in [6.45, 7) is 3.03. The molecule has 21 heavy (non-hydrogen) atoms. The van der Waals surface area contributed by atoms with E-state index >= 15 is 0 Å². The lowest BCUT2D eigenvalue weighted by Crippen LogP contribution is -2.37. The van der Waals surface area contributed by atoms with Crippen LogP contribution in [0.2, 0.25) is 0 Å². The van der Waals surface area contributed by atoms with Crippen molar-refractivity contribution in [3.63, 3.8) is 0 Å². The smallest absolute Gasteiger partial charge is 0.206 e. The van der Waals surface area contributed by atoms with Crippen LogP contribution in [0.5, 0.6) is 0 Å². The van der Waals surface area contributed by atoms with Gasteiger partial charge in [-0.3, -0.25) is 4.57 Å². The normalized spacial score (nSPS) is 15.1. The Kier molecular flexibility index (Phi) is 11.8. The number of unbranched alkanes of at least 4 members (excludes halogenated alkanes) is 9. The summed E-state index contributed by atoms with van der Waals surface area (Å²) < 4.78 is 12.8. The summed E-state index contributed by atoms with van der Waals surface area (Å²) in [4.78, 5) is 9.95. The lowest BCUT2D eigenvalue weighted by molar-refractivity contribution is -0.867. The highest BCUT2D eigenvalue weighted by Gasteiger charge is 2.21. The van der Waals surface area contributed by atoms with Gasteiger partial charge in [0.15, 0.2) is 0 Å². The fraction of sp³-hybridized carbons (Fsp3) is 1.00. The second kappa shape index (κ2) is 11.7. The molecule has 0 saturated heterocycles. The monoisotopic (exact) mass is 320 g/mol. The number of quaternary nitrogens is 1. The van der Waals surface area contributed by atoms with Crippen LogP contribution in [0.25, 0.3) is 0 Å². The molecule has 0 aromatic heterocycles. The average molecular weight is 320 g/mol. The number of hydrogen-bond acceptors (Lipinski definition) is 1. The van der Waals surface area contributed by atoms with Gasteiger partial charge in [0, 0.05) is 6.16 Å². The van der Waals surface area contributed by atoms with Crippen molar-refractivity contribution in [1.29, 1.82) is 0 Å². The van der Waals surface area contributed by atoms with E-state index in [1.165, 1.54) is 51.4 Å². The van der Waals surface area contributed by atoms with E-state index in [2.05, 4.69) is 28.1 Å². The molecule has 0 aliphatic rings. The molecule has 0 aliphatic heterocycles. The Hall–Kier alpha value is 0.150. The molecule has 1 atom stereocenters. The van der Waals surface area contributed by atoms with E-state index in [1.807, 2.05) is 0 Å². The third kappa shape index (κ3) is 16.3. The predicted octanol–water partition coefficient (Wildman–Crippen LogP) is 4.88. The number of nitrogens with zero attached hydrogens (tertiary/aromatic N) is 1. The molecule has 1 N–H and O–H groups in total. The molecule has 0 aromatic rings. The Balaban J connectivity index is 3.43. The zero-order chi connectivity index (χ0) is 16.2. The molecule has 128 valence electrons. The zero-order valence-corrected chi connectivity index (χ0v) is 15.8. The van der Waals surface area contributed by atoms with Crippen molar-refractivity contribution < 1.29 is 13.9 Å². The molecule has 0 saturated carbocycles. The van der Waals surface area contributed by atoms with Gasteiger partial charge in [0.25, 0.3) is 0 Å². The van der Waals surface area contributed by atoms with Gasteiger partial charge < -0.3 is 9.38 Å². The Bertz CT molecular complexity index is 287. The summed E-state index contributed by atoms with van der Waals surface area (Å²) in [5.74, 6) is 0. The van der Waals surface area contributed by atoms with Crippen molar-refractivity contribution >= 4 is 7.37 Å². The first-order chi connectivity index (χ1) is 9.77. The molecule has 0 spiro atoms. The molecule has 0 bridgehead atoms. The van der Waals surface area contributed by atoms with Crippen LogP contribution in [0.3, 0.4) is 0 Å². The minimum absolute atomic E-state index is 0.466. The minimum Gasteiger partial charge on any atom is -0.344 e. The SMILES string of the molecule is CCCCCCCCCCCCP(=O)(O)CC[N+](C)(C)C. The van der Waals surface area contributed by atoms with Crippen molar-refractivity contribution in [2.75, 3.05) is 40.0 Å². The predicted molar refractivity (Wildman–Crippen MR) is 94.3 cm³/mol. The average Bonchev–Trinajstić information content (AvgIpc) is 2.38. The van der Waals surface area contributed by atoms with Crippen LogP contribution in [0.4, 0.5) is 0 Å². The Morgan fingerprint density at radius 3 is 1.62 bits per heavy atom. The van der Waals surface area contributed by atoms with E-state index in [0.717, 1.165) is 23.9 Å². The van der Waals surface area contributed by atoms with Gasteiger partial charge in [-0.05, 0) is 6.42 Å². The first kappa shape index (κ1) is 21.1. The van der Waals surface area contributed by atoms with Gasteiger partial charge in [0.2, 0.25) is 7.37 Å². The van der Waals surface area contributed by atoms with E-state index < -0.39 is 7.37 Å². The van der Waals surface area contributed by atoms with Gasteiger partial charge >= 0.3 is 0 Å². The molecule has 0 rings (SSSR count). The van der Waals surface area contributed by atoms with Gasteiger partial charge in [-0.1, -0.05) is 64.7 Å². The molecular weight excluding hydrogens is 281 g/mol. The largest absolute Gasteiger partial charge is 0.344 e. The summed E-state index contributed by atoms with van der Waals surface area (Å²) in [6.07, 6.45) is 13.7. The van der Waals surface area contributed by atoms with E-state index in [9.17, 15) is 9.46 Å². The molecule has 0 radical (unpaired) electrons. The highest BCUT2D eigenvalue weighted by molar-refractivity contribution is 7.58. The minimum atomic E-state index is -2.88. The third-order valence-electron chi connectivity index (χ3n) is 3.98. The molecule has 3 nitrogen and oxygen atoms in total. The molecule has 0 fully saturated rings. The van der Waals surface area contributed by atoms with E-state index in [4.69, 9.17) is 0 Å². The van der Waals surface area contributed by atoms with Crippen molar-refractivity contribution in [3.05, 3.63) is 0 Å². The summed E-state index contributed by atoms with van der Waals surface area (Å²) >= 11 is 0. The van der Waals surface area contributed by atoms with Crippen molar-refractivity contribution in [2.45, 2.75) is 71.1 Å². The zero-order valence-electron chi connectivity index (χ0n) is 14.9. The third-order valence-corrected chi connectivity index (χ3v) is 5.90. The van der Waals surface area contributed by atoms with Gasteiger partial charge in [0.1, 0.15) is 0 Å². The first-order valence-corrected chi connectivity index (χ1v) is 10.9. The van der Waals surface area contributed by atoms with Crippen LogP contribution in [-0.4, -0.2) is 49.4 Å². The van der Waals surface area contributed by atoms with E-state index in [0.29, 0.717) is 12.3 Å². The fourth-order valence-electron chi connectivity index (χ4n) is 2.41. The van der Waals surface area contributed by atoms with E-state index in [1.54, 1.807) is 0 Å². The second-order valence-corrected chi connectivity index (χ2v) is 10.1. The Morgan fingerprint density at radius 2 is 1.19 bits per heavy atom. The van der Waals surface area contributed by atoms with Gasteiger partial charge in [0.05, 0.1) is 33.8 Å². The maximum Gasteiger partial charge on any atom is 0.206 e. The lowest BCUT2D eigenvalue weighted by Gasteiger charge is -2.25. The van der Waals surface area contributed by atoms with Crippen LogP contribution in [0, 0.1) is 0 Å². The topological polar surface area (TPSA) is 37.3 Å². The molecule has 0 aromatic carbocycles. The summed E-state index contributed by atoms with van der Waals surface area (Å²) in [6, 6.07) is 0. The number of hydrogen-bond donors (Lipinski definition) is 1. The van der Waals surface area contributed by atoms with Crippen LogP contribution in [-0.2, 0) is 4.57 Å². The molecule has 1 unspecified atom stereocenters. The van der Waals surface area contributed by atoms with E-state index in [-0.39, 0.29) is 0 Å². The standard InChI is InChI=1S/C17H38NO2P/c1-5-6-7-8-9-10-11-12-13-14-16-21(19,20)17-15-18(2,3)4/h5-17H2,1-4H3/p+1. The van der Waals surface area contributed by atoms with Gasteiger partial charge in [-0.2, -0.15) is 0 Å². The van der Waals surface area contributed by atoms with Gasteiger partial charge in [-0.25, -0.2) is 0 Å². The van der Waals surface area contributed by atoms with Crippen LogP contribution >= 0.6 is 7.37 Å². The van der Waals surface area contributed by atoms with Crippen molar-refractivity contribution in [2.24, 2.45) is 0 Å². The quantitative estimate of drug-likeness (QED) is 0.281. The molecular formula is C17H39NO2P+. The van der Waals surface area contributed by atoms with Crippen molar-refractivity contribution in [1.82, 2.24) is 0 Å². The molecule has 0 amide bonds. The maximum atomic E-state index is 12.0. The first-order valence-electron chi connectivity index (χ1n) is 8.88. The maximum absolute atomic E-state index is 12.0. The van der Waals surface area contributed by atoms with Crippen LogP contribution < -0.4 is 0 Å².